The van der Waals surface area contributed by atoms with Gasteiger partial charge in [-0.2, -0.15) is 0 Å². The SMILES string of the molecule is CC(C)(C)NCCCCCOc1cc(F)cc(Br)c1. The third-order valence-corrected chi connectivity index (χ3v) is 3.04. The number of hydrogen-bond donors (Lipinski definition) is 1. The molecule has 108 valence electrons. The van der Waals surface area contributed by atoms with Gasteiger partial charge >= 0.3 is 0 Å². The number of rotatable bonds is 7. The normalized spacial score (nSPS) is 11.6. The van der Waals surface area contributed by atoms with Crippen LogP contribution in [-0.4, -0.2) is 18.7 Å². The van der Waals surface area contributed by atoms with Crippen molar-refractivity contribution in [3.05, 3.63) is 28.5 Å². The van der Waals surface area contributed by atoms with E-state index < -0.39 is 0 Å². The van der Waals surface area contributed by atoms with Gasteiger partial charge in [0.1, 0.15) is 11.6 Å². The summed E-state index contributed by atoms with van der Waals surface area (Å²) in [4.78, 5) is 0. The molecule has 4 heteroatoms. The van der Waals surface area contributed by atoms with Crippen LogP contribution in [0.15, 0.2) is 22.7 Å². The Labute approximate surface area is 123 Å². The van der Waals surface area contributed by atoms with Crippen molar-refractivity contribution in [2.24, 2.45) is 0 Å². The summed E-state index contributed by atoms with van der Waals surface area (Å²) >= 11 is 3.25. The van der Waals surface area contributed by atoms with Crippen LogP contribution in [0.2, 0.25) is 0 Å². The summed E-state index contributed by atoms with van der Waals surface area (Å²) in [5.41, 5.74) is 0.185. The fraction of sp³-hybridized carbons (Fsp3) is 0.600. The smallest absolute Gasteiger partial charge is 0.128 e. The molecule has 0 unspecified atom stereocenters. The number of nitrogens with one attached hydrogen (secondary N) is 1. The summed E-state index contributed by atoms with van der Waals surface area (Å²) in [5, 5.41) is 3.45. The van der Waals surface area contributed by atoms with E-state index in [0.717, 1.165) is 25.8 Å². The molecule has 0 atom stereocenters. The Morgan fingerprint density at radius 2 is 1.89 bits per heavy atom. The molecule has 2 nitrogen and oxygen atoms in total. The average molecular weight is 332 g/mol. The molecule has 0 aliphatic heterocycles. The van der Waals surface area contributed by atoms with Gasteiger partial charge in [0.25, 0.3) is 0 Å². The maximum atomic E-state index is 13.1. The van der Waals surface area contributed by atoms with Crippen molar-refractivity contribution in [2.45, 2.75) is 45.6 Å². The molecule has 1 N–H and O–H groups in total. The Morgan fingerprint density at radius 1 is 1.16 bits per heavy atom. The van der Waals surface area contributed by atoms with Crippen LogP contribution in [0.3, 0.4) is 0 Å². The first-order valence-electron chi connectivity index (χ1n) is 6.71. The van der Waals surface area contributed by atoms with Crippen LogP contribution < -0.4 is 10.1 Å². The van der Waals surface area contributed by atoms with Gasteiger partial charge in [-0.25, -0.2) is 4.39 Å². The zero-order valence-corrected chi connectivity index (χ0v) is 13.5. The lowest BCUT2D eigenvalue weighted by atomic mass is 10.1. The van der Waals surface area contributed by atoms with E-state index in [0.29, 0.717) is 16.8 Å². The predicted octanol–water partition coefficient (Wildman–Crippen LogP) is 4.53. The lowest BCUT2D eigenvalue weighted by Gasteiger charge is -2.20. The first-order valence-corrected chi connectivity index (χ1v) is 7.50. The molecule has 0 saturated carbocycles. The predicted molar refractivity (Wildman–Crippen MR) is 81.2 cm³/mol. The molecule has 0 heterocycles. The minimum Gasteiger partial charge on any atom is -0.493 e. The molecular formula is C15H23BrFNO. The molecule has 1 aromatic carbocycles. The molecule has 0 amide bonds. The van der Waals surface area contributed by atoms with E-state index in [2.05, 4.69) is 42.0 Å². The number of unbranched alkanes of at least 4 members (excludes halogenated alkanes) is 2. The highest BCUT2D eigenvalue weighted by Crippen LogP contribution is 2.20. The zero-order chi connectivity index (χ0) is 14.3. The van der Waals surface area contributed by atoms with Crippen LogP contribution in [0, 0.1) is 5.82 Å². The number of hydrogen-bond acceptors (Lipinski definition) is 2. The topological polar surface area (TPSA) is 21.3 Å². The fourth-order valence-corrected chi connectivity index (χ4v) is 2.11. The van der Waals surface area contributed by atoms with E-state index >= 15 is 0 Å². The largest absolute Gasteiger partial charge is 0.493 e. The van der Waals surface area contributed by atoms with E-state index in [9.17, 15) is 4.39 Å². The molecule has 0 aliphatic carbocycles. The Bertz CT molecular complexity index is 370. The monoisotopic (exact) mass is 331 g/mol. The van der Waals surface area contributed by atoms with Crippen LogP contribution >= 0.6 is 15.9 Å². The van der Waals surface area contributed by atoms with Crippen molar-refractivity contribution in [1.82, 2.24) is 5.32 Å². The van der Waals surface area contributed by atoms with Crippen molar-refractivity contribution in [3.63, 3.8) is 0 Å². The Kier molecular flexibility index (Phi) is 6.80. The fourth-order valence-electron chi connectivity index (χ4n) is 1.67. The molecule has 0 aliphatic rings. The van der Waals surface area contributed by atoms with Gasteiger partial charge in [-0.3, -0.25) is 0 Å². The third kappa shape index (κ3) is 8.22. The maximum Gasteiger partial charge on any atom is 0.128 e. The van der Waals surface area contributed by atoms with Gasteiger partial charge in [-0.15, -0.1) is 0 Å². The summed E-state index contributed by atoms with van der Waals surface area (Å²) in [6, 6.07) is 4.61. The van der Waals surface area contributed by atoms with Crippen LogP contribution in [0.5, 0.6) is 5.75 Å². The number of ether oxygens (including phenoxy) is 1. The zero-order valence-electron chi connectivity index (χ0n) is 11.9. The first kappa shape index (κ1) is 16.4. The molecule has 19 heavy (non-hydrogen) atoms. The highest BCUT2D eigenvalue weighted by Gasteiger charge is 2.06. The second-order valence-corrected chi connectivity index (χ2v) is 6.61. The Hall–Kier alpha value is -0.610. The van der Waals surface area contributed by atoms with E-state index in [-0.39, 0.29) is 11.4 Å². The number of halogens is 2. The Balaban J connectivity index is 2.11. The molecule has 0 aromatic heterocycles. The molecule has 0 fully saturated rings. The lowest BCUT2D eigenvalue weighted by Crippen LogP contribution is -2.36. The standard InChI is InChI=1S/C15H23BrFNO/c1-15(2,3)18-7-5-4-6-8-19-14-10-12(16)9-13(17)11-14/h9-11,18H,4-8H2,1-3H3. The second kappa shape index (κ2) is 7.85. The summed E-state index contributed by atoms with van der Waals surface area (Å²) in [7, 11) is 0. The van der Waals surface area contributed by atoms with Gasteiger partial charge in [0.2, 0.25) is 0 Å². The second-order valence-electron chi connectivity index (χ2n) is 5.69. The van der Waals surface area contributed by atoms with Crippen molar-refractivity contribution >= 4 is 15.9 Å². The summed E-state index contributed by atoms with van der Waals surface area (Å²) in [6.45, 7) is 8.15. The van der Waals surface area contributed by atoms with Gasteiger partial charge in [0.15, 0.2) is 0 Å². The van der Waals surface area contributed by atoms with E-state index in [1.165, 1.54) is 12.1 Å². The van der Waals surface area contributed by atoms with E-state index in [4.69, 9.17) is 4.74 Å². The molecule has 1 rings (SSSR count). The van der Waals surface area contributed by atoms with Crippen molar-refractivity contribution in [2.75, 3.05) is 13.2 Å². The lowest BCUT2D eigenvalue weighted by molar-refractivity contribution is 0.301. The summed E-state index contributed by atoms with van der Waals surface area (Å²) < 4.78 is 19.3. The molecular weight excluding hydrogens is 309 g/mol. The van der Waals surface area contributed by atoms with Gasteiger partial charge in [-0.05, 0) is 58.7 Å². The van der Waals surface area contributed by atoms with E-state index in [1.807, 2.05) is 0 Å². The van der Waals surface area contributed by atoms with Gasteiger partial charge in [0.05, 0.1) is 6.61 Å². The summed E-state index contributed by atoms with van der Waals surface area (Å²) in [5.74, 6) is 0.304. The molecule has 1 aromatic rings. The third-order valence-electron chi connectivity index (χ3n) is 2.58. The number of benzene rings is 1. The van der Waals surface area contributed by atoms with Crippen LogP contribution in [0.1, 0.15) is 40.0 Å². The molecule has 0 radical (unpaired) electrons. The summed E-state index contributed by atoms with van der Waals surface area (Å²) in [6.07, 6.45) is 3.23. The first-order chi connectivity index (χ1) is 8.87. The van der Waals surface area contributed by atoms with Crippen LogP contribution in [0.4, 0.5) is 4.39 Å². The average Bonchev–Trinajstić information content (AvgIpc) is 2.25. The minimum atomic E-state index is -0.279. The van der Waals surface area contributed by atoms with Crippen LogP contribution in [0.25, 0.3) is 0 Å². The molecule has 0 spiro atoms. The highest BCUT2D eigenvalue weighted by molar-refractivity contribution is 9.10. The molecule has 0 saturated heterocycles. The highest BCUT2D eigenvalue weighted by atomic mass is 79.9. The maximum absolute atomic E-state index is 13.1. The molecule has 0 bridgehead atoms. The van der Waals surface area contributed by atoms with Crippen molar-refractivity contribution < 1.29 is 9.13 Å². The minimum absolute atomic E-state index is 0.185. The van der Waals surface area contributed by atoms with Gasteiger partial charge < -0.3 is 10.1 Å². The van der Waals surface area contributed by atoms with Crippen molar-refractivity contribution in [1.29, 1.82) is 0 Å². The quantitative estimate of drug-likeness (QED) is 0.741. The van der Waals surface area contributed by atoms with Gasteiger partial charge in [-0.1, -0.05) is 15.9 Å². The van der Waals surface area contributed by atoms with E-state index in [1.54, 1.807) is 6.07 Å². The van der Waals surface area contributed by atoms with Crippen molar-refractivity contribution in [3.8, 4) is 5.75 Å². The van der Waals surface area contributed by atoms with Crippen LogP contribution in [-0.2, 0) is 0 Å². The van der Waals surface area contributed by atoms with Gasteiger partial charge in [0, 0.05) is 16.1 Å². The Morgan fingerprint density at radius 3 is 2.53 bits per heavy atom.